The van der Waals surface area contributed by atoms with E-state index in [0.29, 0.717) is 5.04 Å². The molecular formula is C13H26OSi. The van der Waals surface area contributed by atoms with E-state index in [1.807, 2.05) is 0 Å². The van der Waals surface area contributed by atoms with Crippen molar-refractivity contribution >= 4 is 8.32 Å². The SMILES string of the molecule is C=C1CC1CCCO[Si](C)(C)C(C)(C)C. The molecule has 0 saturated heterocycles. The van der Waals surface area contributed by atoms with Crippen LogP contribution in [0.5, 0.6) is 0 Å². The Hall–Kier alpha value is -0.0831. The van der Waals surface area contributed by atoms with Crippen molar-refractivity contribution < 1.29 is 4.43 Å². The van der Waals surface area contributed by atoms with Crippen LogP contribution in [0.1, 0.15) is 40.0 Å². The Labute approximate surface area is 96.0 Å². The van der Waals surface area contributed by atoms with Gasteiger partial charge in [-0.3, -0.25) is 0 Å². The highest BCUT2D eigenvalue weighted by Gasteiger charge is 2.37. The molecule has 0 amide bonds. The van der Waals surface area contributed by atoms with Crippen molar-refractivity contribution in [1.29, 1.82) is 0 Å². The molecule has 1 saturated carbocycles. The van der Waals surface area contributed by atoms with E-state index in [1.165, 1.54) is 24.8 Å². The highest BCUT2D eigenvalue weighted by molar-refractivity contribution is 6.74. The lowest BCUT2D eigenvalue weighted by molar-refractivity contribution is 0.277. The Morgan fingerprint density at radius 2 is 1.93 bits per heavy atom. The smallest absolute Gasteiger partial charge is 0.191 e. The van der Waals surface area contributed by atoms with Crippen molar-refractivity contribution in [3.05, 3.63) is 12.2 Å². The van der Waals surface area contributed by atoms with Crippen LogP contribution >= 0.6 is 0 Å². The van der Waals surface area contributed by atoms with Crippen molar-refractivity contribution in [3.63, 3.8) is 0 Å². The fourth-order valence-corrected chi connectivity index (χ4v) is 2.52. The average molecular weight is 226 g/mol. The lowest BCUT2D eigenvalue weighted by Crippen LogP contribution is -2.40. The van der Waals surface area contributed by atoms with E-state index >= 15 is 0 Å². The average Bonchev–Trinajstić information content (AvgIpc) is 2.74. The monoisotopic (exact) mass is 226 g/mol. The quantitative estimate of drug-likeness (QED) is 0.384. The molecule has 0 aromatic rings. The Bertz CT molecular complexity index is 237. The summed E-state index contributed by atoms with van der Waals surface area (Å²) in [6, 6.07) is 0. The molecule has 0 heterocycles. The summed E-state index contributed by atoms with van der Waals surface area (Å²) < 4.78 is 6.12. The van der Waals surface area contributed by atoms with Crippen LogP contribution in [0, 0.1) is 5.92 Å². The van der Waals surface area contributed by atoms with Crippen LogP contribution < -0.4 is 0 Å². The summed E-state index contributed by atoms with van der Waals surface area (Å²) in [5.41, 5.74) is 1.45. The Morgan fingerprint density at radius 1 is 1.40 bits per heavy atom. The largest absolute Gasteiger partial charge is 0.417 e. The minimum absolute atomic E-state index is 0.343. The van der Waals surface area contributed by atoms with Gasteiger partial charge in [-0.05, 0) is 43.3 Å². The Balaban J connectivity index is 2.16. The molecule has 88 valence electrons. The number of allylic oxidation sites excluding steroid dienone is 1. The molecule has 0 aliphatic heterocycles. The molecule has 0 aromatic heterocycles. The summed E-state index contributed by atoms with van der Waals surface area (Å²) in [4.78, 5) is 0. The molecule has 0 radical (unpaired) electrons. The summed E-state index contributed by atoms with van der Waals surface area (Å²) in [7, 11) is -1.50. The Morgan fingerprint density at radius 3 is 2.33 bits per heavy atom. The first-order valence-electron chi connectivity index (χ1n) is 6.06. The van der Waals surface area contributed by atoms with Crippen molar-refractivity contribution in [2.45, 2.75) is 58.2 Å². The zero-order valence-corrected chi connectivity index (χ0v) is 12.0. The van der Waals surface area contributed by atoms with Gasteiger partial charge in [0, 0.05) is 6.61 Å². The third-order valence-corrected chi connectivity index (χ3v) is 8.43. The van der Waals surface area contributed by atoms with Gasteiger partial charge in [-0.2, -0.15) is 0 Å². The van der Waals surface area contributed by atoms with Gasteiger partial charge >= 0.3 is 0 Å². The molecule has 1 fully saturated rings. The molecule has 1 nitrogen and oxygen atoms in total. The third kappa shape index (κ3) is 3.76. The van der Waals surface area contributed by atoms with Gasteiger partial charge in [-0.25, -0.2) is 0 Å². The molecule has 0 N–H and O–H groups in total. The minimum Gasteiger partial charge on any atom is -0.417 e. The zero-order chi connectivity index (χ0) is 11.7. The molecule has 0 spiro atoms. The van der Waals surface area contributed by atoms with Crippen LogP contribution in [0.25, 0.3) is 0 Å². The number of hydrogen-bond acceptors (Lipinski definition) is 1. The summed E-state index contributed by atoms with van der Waals surface area (Å²) in [6.45, 7) is 16.5. The fourth-order valence-electron chi connectivity index (χ4n) is 1.44. The molecule has 2 heteroatoms. The van der Waals surface area contributed by atoms with Crippen LogP contribution in [0.15, 0.2) is 12.2 Å². The topological polar surface area (TPSA) is 9.23 Å². The van der Waals surface area contributed by atoms with Crippen LogP contribution in [-0.4, -0.2) is 14.9 Å². The van der Waals surface area contributed by atoms with E-state index in [0.717, 1.165) is 12.5 Å². The van der Waals surface area contributed by atoms with Gasteiger partial charge in [0.2, 0.25) is 0 Å². The molecule has 0 aromatic carbocycles. The minimum atomic E-state index is -1.50. The van der Waals surface area contributed by atoms with Gasteiger partial charge in [0.15, 0.2) is 8.32 Å². The molecule has 1 unspecified atom stereocenters. The van der Waals surface area contributed by atoms with E-state index in [1.54, 1.807) is 0 Å². The normalized spacial score (nSPS) is 21.9. The Kier molecular flexibility index (Phi) is 3.83. The first-order valence-corrected chi connectivity index (χ1v) is 8.96. The van der Waals surface area contributed by atoms with Crippen LogP contribution in [-0.2, 0) is 4.43 Å². The van der Waals surface area contributed by atoms with Gasteiger partial charge in [0.05, 0.1) is 0 Å². The maximum Gasteiger partial charge on any atom is 0.191 e. The second-order valence-corrected chi connectivity index (χ2v) is 11.1. The van der Waals surface area contributed by atoms with Crippen molar-refractivity contribution in [2.24, 2.45) is 5.92 Å². The van der Waals surface area contributed by atoms with Gasteiger partial charge in [0.25, 0.3) is 0 Å². The van der Waals surface area contributed by atoms with Crippen LogP contribution in [0.3, 0.4) is 0 Å². The lowest BCUT2D eigenvalue weighted by atomic mass is 10.2. The van der Waals surface area contributed by atoms with E-state index in [-0.39, 0.29) is 0 Å². The molecule has 0 bridgehead atoms. The predicted molar refractivity (Wildman–Crippen MR) is 69.6 cm³/mol. The van der Waals surface area contributed by atoms with Gasteiger partial charge in [0.1, 0.15) is 0 Å². The summed E-state index contributed by atoms with van der Waals surface area (Å²) in [5, 5.41) is 0.343. The molecule has 1 atom stereocenters. The van der Waals surface area contributed by atoms with Gasteiger partial charge in [-0.15, -0.1) is 0 Å². The lowest BCUT2D eigenvalue weighted by Gasteiger charge is -2.36. The second kappa shape index (κ2) is 4.42. The maximum absolute atomic E-state index is 6.12. The van der Waals surface area contributed by atoms with E-state index in [4.69, 9.17) is 4.43 Å². The molecule has 1 aliphatic rings. The van der Waals surface area contributed by atoms with E-state index in [9.17, 15) is 0 Å². The molecule has 1 aliphatic carbocycles. The first-order chi connectivity index (χ1) is 6.74. The third-order valence-electron chi connectivity index (χ3n) is 3.89. The predicted octanol–water partition coefficient (Wildman–Crippen LogP) is 4.36. The molecule has 15 heavy (non-hydrogen) atoms. The zero-order valence-electron chi connectivity index (χ0n) is 11.0. The highest BCUT2D eigenvalue weighted by Crippen LogP contribution is 2.40. The van der Waals surface area contributed by atoms with E-state index < -0.39 is 8.32 Å². The molecular weight excluding hydrogens is 200 g/mol. The number of rotatable bonds is 5. The van der Waals surface area contributed by atoms with Crippen molar-refractivity contribution in [3.8, 4) is 0 Å². The summed E-state index contributed by atoms with van der Waals surface area (Å²) >= 11 is 0. The molecule has 1 rings (SSSR count). The van der Waals surface area contributed by atoms with Gasteiger partial charge < -0.3 is 4.43 Å². The highest BCUT2D eigenvalue weighted by atomic mass is 28.4. The van der Waals surface area contributed by atoms with E-state index in [2.05, 4.69) is 40.4 Å². The van der Waals surface area contributed by atoms with Crippen LogP contribution in [0.4, 0.5) is 0 Å². The standard InChI is InChI=1S/C13H26OSi/c1-11-10-12(11)8-7-9-14-15(5,6)13(2,3)4/h12H,1,7-10H2,2-6H3. The fraction of sp³-hybridized carbons (Fsp3) is 0.846. The maximum atomic E-state index is 6.12. The van der Waals surface area contributed by atoms with Crippen molar-refractivity contribution in [1.82, 2.24) is 0 Å². The number of hydrogen-bond donors (Lipinski definition) is 0. The summed E-state index contributed by atoms with van der Waals surface area (Å²) in [6.07, 6.45) is 3.75. The summed E-state index contributed by atoms with van der Waals surface area (Å²) in [5.74, 6) is 0.827. The van der Waals surface area contributed by atoms with Gasteiger partial charge in [-0.1, -0.05) is 32.9 Å². The first kappa shape index (κ1) is 13.0. The van der Waals surface area contributed by atoms with Crippen LogP contribution in [0.2, 0.25) is 18.1 Å². The second-order valence-electron chi connectivity index (χ2n) is 6.31. The van der Waals surface area contributed by atoms with Crippen molar-refractivity contribution in [2.75, 3.05) is 6.61 Å².